The van der Waals surface area contributed by atoms with E-state index < -0.39 is 10.0 Å². The smallest absolute Gasteiger partial charge is 0.240 e. The Balaban J connectivity index is 2.77. The summed E-state index contributed by atoms with van der Waals surface area (Å²) >= 11 is 1.43. The van der Waals surface area contributed by atoms with Gasteiger partial charge < -0.3 is 9.84 Å². The number of thioether (sulfide) groups is 1. The third kappa shape index (κ3) is 5.79. The number of rotatable bonds is 9. The van der Waals surface area contributed by atoms with Crippen LogP contribution in [-0.2, 0) is 10.0 Å². The van der Waals surface area contributed by atoms with Gasteiger partial charge in [-0.3, -0.25) is 0 Å². The molecule has 5 nitrogen and oxygen atoms in total. The Hall–Kier alpha value is -0.760. The molecule has 126 valence electrons. The molecule has 2 N–H and O–H groups in total. The highest BCUT2D eigenvalue weighted by atomic mass is 32.2. The van der Waals surface area contributed by atoms with E-state index in [1.807, 2.05) is 20.1 Å². The van der Waals surface area contributed by atoms with E-state index in [-0.39, 0.29) is 22.8 Å². The third-order valence-corrected chi connectivity index (χ3v) is 5.84. The first-order valence-electron chi connectivity index (χ1n) is 7.19. The van der Waals surface area contributed by atoms with Gasteiger partial charge in [0.05, 0.1) is 18.1 Å². The van der Waals surface area contributed by atoms with Crippen molar-refractivity contribution in [2.75, 3.05) is 19.5 Å². The Morgan fingerprint density at radius 2 is 1.82 bits per heavy atom. The van der Waals surface area contributed by atoms with Crippen LogP contribution in [0.5, 0.6) is 5.75 Å². The van der Waals surface area contributed by atoms with Crippen LogP contribution in [0.15, 0.2) is 29.2 Å². The van der Waals surface area contributed by atoms with Crippen molar-refractivity contribution >= 4 is 21.8 Å². The lowest BCUT2D eigenvalue weighted by Crippen LogP contribution is -2.41. The maximum absolute atomic E-state index is 12.3. The molecule has 7 heteroatoms. The lowest BCUT2D eigenvalue weighted by atomic mass is 10.2. The van der Waals surface area contributed by atoms with E-state index in [0.29, 0.717) is 18.3 Å². The fourth-order valence-corrected chi connectivity index (χ4v) is 3.80. The van der Waals surface area contributed by atoms with Crippen molar-refractivity contribution < 1.29 is 18.3 Å². The summed E-state index contributed by atoms with van der Waals surface area (Å²) < 4.78 is 32.8. The fraction of sp³-hybridized carbons (Fsp3) is 0.600. The van der Waals surface area contributed by atoms with Crippen molar-refractivity contribution in [3.8, 4) is 5.75 Å². The summed E-state index contributed by atoms with van der Waals surface area (Å²) in [7, 11) is -3.60. The van der Waals surface area contributed by atoms with Gasteiger partial charge in [0, 0.05) is 11.3 Å². The summed E-state index contributed by atoms with van der Waals surface area (Å²) in [4.78, 5) is 0.189. The second-order valence-electron chi connectivity index (χ2n) is 5.54. The Morgan fingerprint density at radius 1 is 1.23 bits per heavy atom. The molecule has 0 aromatic heterocycles. The maximum Gasteiger partial charge on any atom is 0.240 e. The normalized spacial score (nSPS) is 14.8. The number of benzene rings is 1. The van der Waals surface area contributed by atoms with Crippen LogP contribution in [0, 0.1) is 5.92 Å². The third-order valence-electron chi connectivity index (χ3n) is 3.10. The van der Waals surface area contributed by atoms with Crippen LogP contribution in [0.3, 0.4) is 0 Å². The first-order chi connectivity index (χ1) is 10.3. The standard InChI is InChI=1S/C15H25NO4S2/c1-11(2)10-20-13-5-7-14(8-6-13)22(18,19)16-12(3)15(9-17)21-4/h5-8,11-12,15-17H,9-10H2,1-4H3/t12-,15-/m1/s1. The Morgan fingerprint density at radius 3 is 2.27 bits per heavy atom. The largest absolute Gasteiger partial charge is 0.493 e. The molecular formula is C15H25NO4S2. The zero-order valence-corrected chi connectivity index (χ0v) is 15.1. The van der Waals surface area contributed by atoms with E-state index in [9.17, 15) is 13.5 Å². The Labute approximate surface area is 137 Å². The number of ether oxygens (including phenoxy) is 1. The molecule has 1 rings (SSSR count). The average molecular weight is 348 g/mol. The van der Waals surface area contributed by atoms with Gasteiger partial charge in [-0.05, 0) is 43.4 Å². The van der Waals surface area contributed by atoms with Gasteiger partial charge in [0.1, 0.15) is 5.75 Å². The molecule has 0 saturated heterocycles. The molecule has 0 aliphatic rings. The van der Waals surface area contributed by atoms with Gasteiger partial charge in [0.25, 0.3) is 0 Å². The molecule has 0 heterocycles. The Kier molecular flexibility index (Phi) is 7.68. The average Bonchev–Trinajstić information content (AvgIpc) is 2.46. The summed E-state index contributed by atoms with van der Waals surface area (Å²) in [5.74, 6) is 1.06. The lowest BCUT2D eigenvalue weighted by Gasteiger charge is -2.21. The van der Waals surface area contributed by atoms with Crippen molar-refractivity contribution in [3.05, 3.63) is 24.3 Å². The highest BCUT2D eigenvalue weighted by molar-refractivity contribution is 7.99. The van der Waals surface area contributed by atoms with Crippen LogP contribution in [0.25, 0.3) is 0 Å². The SMILES string of the molecule is CS[C@H](CO)[C@@H](C)NS(=O)(=O)c1ccc(OCC(C)C)cc1. The van der Waals surface area contributed by atoms with Crippen molar-refractivity contribution in [3.63, 3.8) is 0 Å². The molecular weight excluding hydrogens is 322 g/mol. The van der Waals surface area contributed by atoms with Gasteiger partial charge in [0.15, 0.2) is 0 Å². The molecule has 0 saturated carbocycles. The minimum absolute atomic E-state index is 0.0766. The van der Waals surface area contributed by atoms with Crippen molar-refractivity contribution in [1.29, 1.82) is 0 Å². The van der Waals surface area contributed by atoms with Crippen LogP contribution in [0.4, 0.5) is 0 Å². The quantitative estimate of drug-likeness (QED) is 0.715. The molecule has 0 aliphatic heterocycles. The second-order valence-corrected chi connectivity index (χ2v) is 8.33. The van der Waals surface area contributed by atoms with Crippen LogP contribution >= 0.6 is 11.8 Å². The van der Waals surface area contributed by atoms with E-state index in [1.165, 1.54) is 23.9 Å². The van der Waals surface area contributed by atoms with Gasteiger partial charge in [0.2, 0.25) is 10.0 Å². The summed E-state index contributed by atoms with van der Waals surface area (Å²) in [6, 6.07) is 6.00. The first-order valence-corrected chi connectivity index (χ1v) is 9.96. The number of aliphatic hydroxyl groups excluding tert-OH is 1. The maximum atomic E-state index is 12.3. The zero-order chi connectivity index (χ0) is 16.8. The summed E-state index contributed by atoms with van der Waals surface area (Å²) in [6.45, 7) is 6.36. The molecule has 0 bridgehead atoms. The van der Waals surface area contributed by atoms with Crippen LogP contribution in [0.1, 0.15) is 20.8 Å². The minimum Gasteiger partial charge on any atom is -0.493 e. The molecule has 1 aromatic rings. The van der Waals surface area contributed by atoms with E-state index in [4.69, 9.17) is 4.74 Å². The predicted molar refractivity (Wildman–Crippen MR) is 90.9 cm³/mol. The second kappa shape index (κ2) is 8.76. The minimum atomic E-state index is -3.60. The van der Waals surface area contributed by atoms with Crippen molar-refractivity contribution in [2.24, 2.45) is 5.92 Å². The summed E-state index contributed by atoms with van der Waals surface area (Å²) in [5.41, 5.74) is 0. The van der Waals surface area contributed by atoms with E-state index in [0.717, 1.165) is 0 Å². The first kappa shape index (κ1) is 19.3. The van der Waals surface area contributed by atoms with Crippen molar-refractivity contribution in [1.82, 2.24) is 4.72 Å². The highest BCUT2D eigenvalue weighted by Gasteiger charge is 2.22. The molecule has 2 atom stereocenters. The van der Waals surface area contributed by atoms with E-state index in [1.54, 1.807) is 19.1 Å². The van der Waals surface area contributed by atoms with Crippen molar-refractivity contribution in [2.45, 2.75) is 37.0 Å². The highest BCUT2D eigenvalue weighted by Crippen LogP contribution is 2.18. The predicted octanol–water partition coefficient (Wildman–Crippen LogP) is 2.11. The molecule has 0 unspecified atom stereocenters. The van der Waals surface area contributed by atoms with Gasteiger partial charge in [-0.2, -0.15) is 11.8 Å². The van der Waals surface area contributed by atoms with E-state index >= 15 is 0 Å². The number of aliphatic hydroxyl groups is 1. The molecule has 22 heavy (non-hydrogen) atoms. The number of nitrogens with one attached hydrogen (secondary N) is 1. The van der Waals surface area contributed by atoms with Gasteiger partial charge in [-0.25, -0.2) is 13.1 Å². The molecule has 0 amide bonds. The monoisotopic (exact) mass is 347 g/mol. The summed E-state index contributed by atoms with van der Waals surface area (Å²) in [6.07, 6.45) is 1.84. The van der Waals surface area contributed by atoms with Crippen LogP contribution in [-0.4, -0.2) is 44.3 Å². The zero-order valence-electron chi connectivity index (χ0n) is 13.4. The Bertz CT molecular complexity index is 539. The van der Waals surface area contributed by atoms with Crippen LogP contribution < -0.4 is 9.46 Å². The van der Waals surface area contributed by atoms with Gasteiger partial charge >= 0.3 is 0 Å². The lowest BCUT2D eigenvalue weighted by molar-refractivity contribution is 0.271. The van der Waals surface area contributed by atoms with Gasteiger partial charge in [-0.15, -0.1) is 0 Å². The fourth-order valence-electron chi connectivity index (χ4n) is 1.80. The van der Waals surface area contributed by atoms with Gasteiger partial charge in [-0.1, -0.05) is 13.8 Å². The molecule has 0 aliphatic carbocycles. The molecule has 0 spiro atoms. The topological polar surface area (TPSA) is 75.6 Å². The van der Waals surface area contributed by atoms with E-state index in [2.05, 4.69) is 4.72 Å². The molecule has 0 radical (unpaired) electrons. The number of hydrogen-bond acceptors (Lipinski definition) is 5. The summed E-state index contributed by atoms with van der Waals surface area (Å²) in [5, 5.41) is 9.05. The molecule has 1 aromatic carbocycles. The number of hydrogen-bond donors (Lipinski definition) is 2. The number of sulfonamides is 1. The molecule has 0 fully saturated rings. The van der Waals surface area contributed by atoms with Crippen LogP contribution in [0.2, 0.25) is 0 Å².